The summed E-state index contributed by atoms with van der Waals surface area (Å²) in [6.45, 7) is 1.90. The Labute approximate surface area is 99.1 Å². The molecule has 0 N–H and O–H groups in total. The highest BCUT2D eigenvalue weighted by atomic mass is 32.2. The maximum absolute atomic E-state index is 12.2. The Kier molecular flexibility index (Phi) is 2.64. The van der Waals surface area contributed by atoms with E-state index in [0.717, 1.165) is 23.0 Å². The number of carbonyl (C=O) groups excluding carboxylic acids is 1. The lowest BCUT2D eigenvalue weighted by atomic mass is 9.86. The molecule has 3 nitrogen and oxygen atoms in total. The number of thiocyanates is 1. The first kappa shape index (κ1) is 11.0. The van der Waals surface area contributed by atoms with E-state index >= 15 is 0 Å². The van der Waals surface area contributed by atoms with Gasteiger partial charge in [-0.15, -0.1) is 0 Å². The minimum absolute atomic E-state index is 0.0662. The van der Waals surface area contributed by atoms with Crippen molar-refractivity contribution in [1.82, 2.24) is 0 Å². The summed E-state index contributed by atoms with van der Waals surface area (Å²) >= 11 is 1.13. The molecule has 1 aliphatic rings. The number of fused-ring (bicyclic) bond motifs is 1. The zero-order chi connectivity index (χ0) is 11.8. The van der Waals surface area contributed by atoms with Gasteiger partial charge in [0.2, 0.25) is 5.91 Å². The highest BCUT2D eigenvalue weighted by Gasteiger charge is 2.45. The molecule has 0 saturated carbocycles. The van der Waals surface area contributed by atoms with Crippen LogP contribution in [-0.4, -0.2) is 18.7 Å². The number of benzene rings is 1. The van der Waals surface area contributed by atoms with Crippen LogP contribution in [0.1, 0.15) is 12.5 Å². The lowest BCUT2D eigenvalue weighted by Gasteiger charge is -2.20. The van der Waals surface area contributed by atoms with Crippen LogP contribution in [0.2, 0.25) is 0 Å². The number of thioether (sulfide) groups is 1. The van der Waals surface area contributed by atoms with Gasteiger partial charge in [0.15, 0.2) is 0 Å². The second kappa shape index (κ2) is 3.84. The number of carbonyl (C=O) groups is 1. The molecule has 1 aromatic carbocycles. The quantitative estimate of drug-likeness (QED) is 0.734. The van der Waals surface area contributed by atoms with E-state index in [4.69, 9.17) is 5.26 Å². The van der Waals surface area contributed by atoms with Crippen LogP contribution in [0.3, 0.4) is 0 Å². The van der Waals surface area contributed by atoms with Crippen LogP contribution in [0.25, 0.3) is 0 Å². The van der Waals surface area contributed by atoms with E-state index in [2.05, 4.69) is 0 Å². The van der Waals surface area contributed by atoms with E-state index < -0.39 is 5.41 Å². The van der Waals surface area contributed by atoms with Gasteiger partial charge in [0.1, 0.15) is 5.40 Å². The first-order chi connectivity index (χ1) is 7.61. The normalized spacial score (nSPS) is 23.1. The third kappa shape index (κ3) is 1.40. The molecule has 1 amide bonds. The minimum atomic E-state index is -0.564. The predicted octanol–water partition coefficient (Wildman–Crippen LogP) is 2.13. The van der Waals surface area contributed by atoms with Crippen LogP contribution in [0.15, 0.2) is 24.3 Å². The molecule has 1 unspecified atom stereocenters. The van der Waals surface area contributed by atoms with Crippen molar-refractivity contribution in [3.8, 4) is 5.40 Å². The van der Waals surface area contributed by atoms with Crippen molar-refractivity contribution >= 4 is 23.4 Å². The van der Waals surface area contributed by atoms with Gasteiger partial charge < -0.3 is 4.90 Å². The second-order valence-corrected chi connectivity index (χ2v) is 4.85. The molecule has 1 atom stereocenters. The number of nitriles is 1. The summed E-state index contributed by atoms with van der Waals surface area (Å²) < 4.78 is 0. The van der Waals surface area contributed by atoms with Crippen LogP contribution >= 0.6 is 11.8 Å². The molecule has 0 aromatic heterocycles. The number of nitrogens with zero attached hydrogens (tertiary/aromatic N) is 2. The molecule has 0 fully saturated rings. The van der Waals surface area contributed by atoms with Crippen molar-refractivity contribution < 1.29 is 4.79 Å². The fraction of sp³-hybridized carbons (Fsp3) is 0.333. The first-order valence-electron chi connectivity index (χ1n) is 5.00. The summed E-state index contributed by atoms with van der Waals surface area (Å²) in [5.41, 5.74) is 1.41. The van der Waals surface area contributed by atoms with Gasteiger partial charge in [-0.25, -0.2) is 0 Å². The molecule has 0 saturated heterocycles. The summed E-state index contributed by atoms with van der Waals surface area (Å²) in [6, 6.07) is 7.76. The maximum atomic E-state index is 12.2. The number of rotatable bonds is 2. The van der Waals surface area contributed by atoms with Crippen molar-refractivity contribution in [3.63, 3.8) is 0 Å². The fourth-order valence-electron chi connectivity index (χ4n) is 2.14. The summed E-state index contributed by atoms with van der Waals surface area (Å²) in [7, 11) is 1.78. The highest BCUT2D eigenvalue weighted by Crippen LogP contribution is 2.42. The average Bonchev–Trinajstić information content (AvgIpc) is 2.51. The van der Waals surface area contributed by atoms with Gasteiger partial charge in [-0.1, -0.05) is 18.2 Å². The van der Waals surface area contributed by atoms with E-state index in [1.165, 1.54) is 0 Å². The zero-order valence-electron chi connectivity index (χ0n) is 9.23. The Bertz CT molecular complexity index is 480. The third-order valence-electron chi connectivity index (χ3n) is 3.06. The Morgan fingerprint density at radius 1 is 1.50 bits per heavy atom. The third-order valence-corrected chi connectivity index (χ3v) is 3.91. The molecule has 0 aliphatic carbocycles. The molecular weight excluding hydrogens is 220 g/mol. The van der Waals surface area contributed by atoms with E-state index in [1.54, 1.807) is 11.9 Å². The smallest absolute Gasteiger partial charge is 0.238 e. The Morgan fingerprint density at radius 3 is 2.88 bits per heavy atom. The molecule has 1 aliphatic heterocycles. The molecular formula is C12H12N2OS. The Hall–Kier alpha value is -1.47. The van der Waals surface area contributed by atoms with Crippen molar-refractivity contribution in [2.75, 3.05) is 17.7 Å². The average molecular weight is 232 g/mol. The summed E-state index contributed by atoms with van der Waals surface area (Å²) in [5, 5.41) is 10.7. The predicted molar refractivity (Wildman–Crippen MR) is 65.3 cm³/mol. The lowest BCUT2D eigenvalue weighted by molar-refractivity contribution is -0.121. The van der Waals surface area contributed by atoms with Crippen LogP contribution in [0.4, 0.5) is 5.69 Å². The number of hydrogen-bond acceptors (Lipinski definition) is 3. The van der Waals surface area contributed by atoms with Gasteiger partial charge in [0.25, 0.3) is 0 Å². The number of hydrogen-bond donors (Lipinski definition) is 0. The van der Waals surface area contributed by atoms with Crippen molar-refractivity contribution in [2.45, 2.75) is 12.3 Å². The Balaban J connectivity index is 2.48. The van der Waals surface area contributed by atoms with Crippen molar-refractivity contribution in [3.05, 3.63) is 29.8 Å². The molecule has 82 valence electrons. The standard InChI is InChI=1S/C12H12N2OS/c1-12(7-16-8-13)9-5-3-4-6-10(9)14(2)11(12)15/h3-6H,7H2,1-2H3. The van der Waals surface area contributed by atoms with E-state index in [1.807, 2.05) is 36.6 Å². The summed E-state index contributed by atoms with van der Waals surface area (Å²) in [4.78, 5) is 13.9. The minimum Gasteiger partial charge on any atom is -0.314 e. The SMILES string of the molecule is CN1C(=O)C(C)(CSC#N)c2ccccc21. The molecule has 16 heavy (non-hydrogen) atoms. The van der Waals surface area contributed by atoms with Crippen molar-refractivity contribution in [1.29, 1.82) is 5.26 Å². The summed E-state index contributed by atoms with van der Waals surface area (Å²) in [5.74, 6) is 0.570. The zero-order valence-corrected chi connectivity index (χ0v) is 10.0. The number of amides is 1. The van der Waals surface area contributed by atoms with E-state index in [0.29, 0.717) is 5.75 Å². The molecule has 0 bridgehead atoms. The molecule has 0 radical (unpaired) electrons. The monoisotopic (exact) mass is 232 g/mol. The molecule has 2 rings (SSSR count). The van der Waals surface area contributed by atoms with Gasteiger partial charge in [-0.3, -0.25) is 4.79 Å². The van der Waals surface area contributed by atoms with E-state index in [9.17, 15) is 4.79 Å². The largest absolute Gasteiger partial charge is 0.314 e. The molecule has 0 spiro atoms. The second-order valence-electron chi connectivity index (χ2n) is 4.09. The van der Waals surface area contributed by atoms with Crippen molar-refractivity contribution in [2.24, 2.45) is 0 Å². The van der Waals surface area contributed by atoms with Gasteiger partial charge in [-0.2, -0.15) is 5.26 Å². The highest BCUT2D eigenvalue weighted by molar-refractivity contribution is 8.03. The van der Waals surface area contributed by atoms with Gasteiger partial charge >= 0.3 is 0 Å². The molecule has 1 heterocycles. The van der Waals surface area contributed by atoms with E-state index in [-0.39, 0.29) is 5.91 Å². The first-order valence-corrected chi connectivity index (χ1v) is 5.98. The lowest BCUT2D eigenvalue weighted by Crippen LogP contribution is -2.38. The van der Waals surface area contributed by atoms with Crippen LogP contribution in [0.5, 0.6) is 0 Å². The Morgan fingerprint density at radius 2 is 2.19 bits per heavy atom. The topological polar surface area (TPSA) is 44.1 Å². The summed E-state index contributed by atoms with van der Waals surface area (Å²) in [6.07, 6.45) is 0. The van der Waals surface area contributed by atoms with Crippen LogP contribution in [0, 0.1) is 10.7 Å². The van der Waals surface area contributed by atoms with Gasteiger partial charge in [-0.05, 0) is 30.3 Å². The van der Waals surface area contributed by atoms with Gasteiger partial charge in [0.05, 0.1) is 5.41 Å². The molecule has 4 heteroatoms. The number of likely N-dealkylation sites (N-methyl/N-ethyl adjacent to an activating group) is 1. The fourth-order valence-corrected chi connectivity index (χ4v) is 2.78. The van der Waals surface area contributed by atoms with Crippen LogP contribution in [-0.2, 0) is 10.2 Å². The van der Waals surface area contributed by atoms with Gasteiger partial charge in [0, 0.05) is 18.5 Å². The van der Waals surface area contributed by atoms with Crippen LogP contribution < -0.4 is 4.90 Å². The maximum Gasteiger partial charge on any atom is 0.238 e. The number of para-hydroxylation sites is 1. The number of anilines is 1. The molecule has 1 aromatic rings.